The summed E-state index contributed by atoms with van der Waals surface area (Å²) in [7, 11) is 0. The van der Waals surface area contributed by atoms with Gasteiger partial charge in [0.15, 0.2) is 0 Å². The van der Waals surface area contributed by atoms with Gasteiger partial charge in [-0.25, -0.2) is 0 Å². The van der Waals surface area contributed by atoms with Gasteiger partial charge in [0.1, 0.15) is 0 Å². The number of hydrogen-bond donors (Lipinski definition) is 0. The third-order valence-electron chi connectivity index (χ3n) is 4.50. The number of rotatable bonds is 1. The zero-order chi connectivity index (χ0) is 10.4. The summed E-state index contributed by atoms with van der Waals surface area (Å²) in [5.74, 6) is 2.33. The third kappa shape index (κ3) is 1.67. The topological polar surface area (TPSA) is 20.3 Å². The molecule has 2 nitrogen and oxygen atoms in total. The van der Waals surface area contributed by atoms with Crippen LogP contribution in [0.15, 0.2) is 0 Å². The molecule has 0 aromatic rings. The van der Waals surface area contributed by atoms with E-state index in [1.54, 1.807) is 0 Å². The van der Waals surface area contributed by atoms with Crippen LogP contribution in [0.1, 0.15) is 32.1 Å². The van der Waals surface area contributed by atoms with E-state index in [9.17, 15) is 4.79 Å². The number of halogens is 1. The van der Waals surface area contributed by atoms with E-state index < -0.39 is 0 Å². The second-order valence-corrected chi connectivity index (χ2v) is 6.07. The fraction of sp³-hybridized carbons (Fsp3) is 0.917. The van der Waals surface area contributed by atoms with E-state index in [2.05, 4.69) is 0 Å². The summed E-state index contributed by atoms with van der Waals surface area (Å²) in [5, 5.41) is 0.201. The van der Waals surface area contributed by atoms with Gasteiger partial charge in [-0.05, 0) is 37.5 Å². The molecule has 15 heavy (non-hydrogen) atoms. The minimum absolute atomic E-state index is 0.201. The Morgan fingerprint density at radius 2 is 2.07 bits per heavy atom. The molecular formula is C12H18ClNO. The molecule has 84 valence electrons. The molecule has 0 radical (unpaired) electrons. The summed E-state index contributed by atoms with van der Waals surface area (Å²) in [4.78, 5) is 14.3. The van der Waals surface area contributed by atoms with Crippen LogP contribution in [0.2, 0.25) is 0 Å². The van der Waals surface area contributed by atoms with Crippen molar-refractivity contribution in [1.29, 1.82) is 0 Å². The van der Waals surface area contributed by atoms with Gasteiger partial charge in [0.05, 0.1) is 5.38 Å². The Morgan fingerprint density at radius 3 is 2.60 bits per heavy atom. The van der Waals surface area contributed by atoms with E-state index in [1.807, 2.05) is 4.90 Å². The minimum atomic E-state index is 0.201. The predicted octanol–water partition coefficient (Wildman–Crippen LogP) is 2.26. The quantitative estimate of drug-likeness (QED) is 0.630. The standard InChI is InChI=1S/C12H18ClNO/c13-10-3-4-14(7-10)12(15)11-6-8-1-2-9(11)5-8/h8-11H,1-7H2. The minimum Gasteiger partial charge on any atom is -0.341 e. The molecule has 3 heteroatoms. The fourth-order valence-corrected chi connectivity index (χ4v) is 3.96. The Bertz CT molecular complexity index is 281. The van der Waals surface area contributed by atoms with Gasteiger partial charge < -0.3 is 4.90 Å². The predicted molar refractivity (Wildman–Crippen MR) is 59.8 cm³/mol. The summed E-state index contributed by atoms with van der Waals surface area (Å²) in [6.07, 6.45) is 6.11. The Balaban J connectivity index is 1.65. The first kappa shape index (κ1) is 9.95. The summed E-state index contributed by atoms with van der Waals surface area (Å²) < 4.78 is 0. The normalized spacial score (nSPS) is 43.9. The number of fused-ring (bicyclic) bond motifs is 2. The van der Waals surface area contributed by atoms with Crippen LogP contribution in [0.5, 0.6) is 0 Å². The number of nitrogens with zero attached hydrogens (tertiary/aromatic N) is 1. The van der Waals surface area contributed by atoms with Gasteiger partial charge in [0.25, 0.3) is 0 Å². The van der Waals surface area contributed by atoms with Gasteiger partial charge in [-0.3, -0.25) is 4.79 Å². The van der Waals surface area contributed by atoms with E-state index in [1.165, 1.54) is 19.3 Å². The highest BCUT2D eigenvalue weighted by molar-refractivity contribution is 6.21. The van der Waals surface area contributed by atoms with Gasteiger partial charge >= 0.3 is 0 Å². The van der Waals surface area contributed by atoms with E-state index in [-0.39, 0.29) is 5.38 Å². The first-order valence-electron chi connectivity index (χ1n) is 6.17. The highest BCUT2D eigenvalue weighted by Crippen LogP contribution is 2.49. The number of likely N-dealkylation sites (tertiary alicyclic amines) is 1. The maximum absolute atomic E-state index is 12.3. The van der Waals surface area contributed by atoms with Crippen molar-refractivity contribution in [2.24, 2.45) is 17.8 Å². The summed E-state index contributed by atoms with van der Waals surface area (Å²) >= 11 is 6.04. The van der Waals surface area contributed by atoms with Crippen molar-refractivity contribution in [2.75, 3.05) is 13.1 Å². The van der Waals surface area contributed by atoms with E-state index in [4.69, 9.17) is 11.6 Å². The maximum Gasteiger partial charge on any atom is 0.226 e. The highest BCUT2D eigenvalue weighted by Gasteiger charge is 2.45. The zero-order valence-corrected chi connectivity index (χ0v) is 9.75. The lowest BCUT2D eigenvalue weighted by atomic mass is 9.88. The van der Waals surface area contributed by atoms with Gasteiger partial charge in [0, 0.05) is 19.0 Å². The van der Waals surface area contributed by atoms with Crippen molar-refractivity contribution in [3.63, 3.8) is 0 Å². The molecule has 0 N–H and O–H groups in total. The molecule has 2 saturated carbocycles. The zero-order valence-electron chi connectivity index (χ0n) is 8.99. The molecule has 4 unspecified atom stereocenters. The van der Waals surface area contributed by atoms with Crippen LogP contribution in [-0.4, -0.2) is 29.3 Å². The van der Waals surface area contributed by atoms with Crippen molar-refractivity contribution < 1.29 is 4.79 Å². The number of amides is 1. The molecule has 0 spiro atoms. The first-order chi connectivity index (χ1) is 7.24. The second kappa shape index (κ2) is 3.65. The fourth-order valence-electron chi connectivity index (χ4n) is 3.70. The molecule has 1 aliphatic heterocycles. The van der Waals surface area contributed by atoms with Crippen molar-refractivity contribution in [3.8, 4) is 0 Å². The lowest BCUT2D eigenvalue weighted by molar-refractivity contribution is -0.136. The van der Waals surface area contributed by atoms with Gasteiger partial charge in [0.2, 0.25) is 5.91 Å². The monoisotopic (exact) mass is 227 g/mol. The molecule has 1 amide bonds. The molecular weight excluding hydrogens is 210 g/mol. The Morgan fingerprint density at radius 1 is 1.20 bits per heavy atom. The van der Waals surface area contributed by atoms with Crippen LogP contribution in [0.25, 0.3) is 0 Å². The molecule has 3 aliphatic rings. The Hall–Kier alpha value is -0.240. The Kier molecular flexibility index (Phi) is 2.42. The van der Waals surface area contributed by atoms with Gasteiger partial charge in [-0.2, -0.15) is 0 Å². The maximum atomic E-state index is 12.3. The molecule has 0 aromatic heterocycles. The number of alkyl halides is 1. The van der Waals surface area contributed by atoms with Crippen LogP contribution in [0, 0.1) is 17.8 Å². The third-order valence-corrected chi connectivity index (χ3v) is 4.85. The first-order valence-corrected chi connectivity index (χ1v) is 6.60. The molecule has 4 atom stereocenters. The van der Waals surface area contributed by atoms with E-state index in [0.29, 0.717) is 17.7 Å². The summed E-state index contributed by atoms with van der Waals surface area (Å²) in [6.45, 7) is 1.68. The van der Waals surface area contributed by atoms with E-state index in [0.717, 1.165) is 31.8 Å². The van der Waals surface area contributed by atoms with Crippen molar-refractivity contribution in [1.82, 2.24) is 4.90 Å². The summed E-state index contributed by atoms with van der Waals surface area (Å²) in [6, 6.07) is 0. The molecule has 2 aliphatic carbocycles. The average Bonchev–Trinajstić information content (AvgIpc) is 2.90. The van der Waals surface area contributed by atoms with Crippen LogP contribution in [-0.2, 0) is 4.79 Å². The van der Waals surface area contributed by atoms with Crippen molar-refractivity contribution >= 4 is 17.5 Å². The van der Waals surface area contributed by atoms with Gasteiger partial charge in [-0.1, -0.05) is 6.42 Å². The lowest BCUT2D eigenvalue weighted by Gasteiger charge is -2.26. The Labute approximate surface area is 96.0 Å². The summed E-state index contributed by atoms with van der Waals surface area (Å²) in [5.41, 5.74) is 0. The smallest absolute Gasteiger partial charge is 0.226 e. The molecule has 1 heterocycles. The number of carbonyl (C=O) groups is 1. The number of hydrogen-bond acceptors (Lipinski definition) is 1. The van der Waals surface area contributed by atoms with Crippen LogP contribution in [0.3, 0.4) is 0 Å². The molecule has 1 saturated heterocycles. The van der Waals surface area contributed by atoms with Crippen LogP contribution >= 0.6 is 11.6 Å². The molecule has 3 fully saturated rings. The number of carbonyl (C=O) groups excluding carboxylic acids is 1. The average molecular weight is 228 g/mol. The van der Waals surface area contributed by atoms with Crippen molar-refractivity contribution in [2.45, 2.75) is 37.5 Å². The van der Waals surface area contributed by atoms with Gasteiger partial charge in [-0.15, -0.1) is 11.6 Å². The SMILES string of the molecule is O=C(C1CC2CCC1C2)N1CCC(Cl)C1. The largest absolute Gasteiger partial charge is 0.341 e. The van der Waals surface area contributed by atoms with Crippen LogP contribution < -0.4 is 0 Å². The van der Waals surface area contributed by atoms with E-state index >= 15 is 0 Å². The highest BCUT2D eigenvalue weighted by atomic mass is 35.5. The molecule has 2 bridgehead atoms. The lowest BCUT2D eigenvalue weighted by Crippen LogP contribution is -2.36. The second-order valence-electron chi connectivity index (χ2n) is 5.45. The molecule has 0 aromatic carbocycles. The van der Waals surface area contributed by atoms with Crippen molar-refractivity contribution in [3.05, 3.63) is 0 Å². The van der Waals surface area contributed by atoms with Crippen LogP contribution in [0.4, 0.5) is 0 Å². The molecule has 3 rings (SSSR count).